The normalized spacial score (nSPS) is 24.2. The van der Waals surface area contributed by atoms with Crippen molar-refractivity contribution in [1.82, 2.24) is 9.21 Å². The fourth-order valence-electron chi connectivity index (χ4n) is 3.30. The third-order valence-electron chi connectivity index (χ3n) is 4.64. The lowest BCUT2D eigenvalue weighted by atomic mass is 10.1. The Balaban J connectivity index is 1.68. The third-order valence-corrected chi connectivity index (χ3v) is 6.64. The van der Waals surface area contributed by atoms with Crippen LogP contribution in [0.15, 0.2) is 23.1 Å². The molecule has 23 heavy (non-hydrogen) atoms. The molecular formula is C16H23FN2O3S. The monoisotopic (exact) mass is 342 g/mol. The van der Waals surface area contributed by atoms with Gasteiger partial charge in [-0.25, -0.2) is 12.8 Å². The number of rotatable bonds is 4. The molecule has 0 spiro atoms. The van der Waals surface area contributed by atoms with Gasteiger partial charge in [-0.15, -0.1) is 0 Å². The number of hydrogen-bond donors (Lipinski definition) is 0. The van der Waals surface area contributed by atoms with Gasteiger partial charge in [-0.2, -0.15) is 4.31 Å². The molecule has 0 radical (unpaired) electrons. The number of sulfonamides is 1. The smallest absolute Gasteiger partial charge is 0.243 e. The van der Waals surface area contributed by atoms with Gasteiger partial charge in [0, 0.05) is 32.7 Å². The number of morpholine rings is 1. The van der Waals surface area contributed by atoms with Crippen LogP contribution in [0.4, 0.5) is 4.39 Å². The Hall–Kier alpha value is -1.02. The molecule has 2 aliphatic rings. The minimum Gasteiger partial charge on any atom is -0.379 e. The molecule has 0 N–H and O–H groups in total. The maximum absolute atomic E-state index is 13.4. The average Bonchev–Trinajstić information content (AvgIpc) is 3.00. The van der Waals surface area contributed by atoms with E-state index >= 15 is 0 Å². The van der Waals surface area contributed by atoms with E-state index in [1.54, 1.807) is 6.92 Å². The molecule has 2 heterocycles. The molecule has 0 unspecified atom stereocenters. The molecule has 128 valence electrons. The van der Waals surface area contributed by atoms with Gasteiger partial charge >= 0.3 is 0 Å². The summed E-state index contributed by atoms with van der Waals surface area (Å²) in [7, 11) is -3.62. The Bertz CT molecular complexity index is 659. The molecule has 7 heteroatoms. The SMILES string of the molecule is Cc1ccc(F)cc1S(=O)(=O)N1CC[C@@H](CN2CCOCC2)C1. The first-order chi connectivity index (χ1) is 11.0. The second-order valence-corrected chi connectivity index (χ2v) is 8.25. The van der Waals surface area contributed by atoms with E-state index in [-0.39, 0.29) is 4.90 Å². The van der Waals surface area contributed by atoms with Crippen molar-refractivity contribution in [2.75, 3.05) is 45.9 Å². The molecule has 1 aromatic carbocycles. The quantitative estimate of drug-likeness (QED) is 0.832. The largest absolute Gasteiger partial charge is 0.379 e. The highest BCUT2D eigenvalue weighted by molar-refractivity contribution is 7.89. The topological polar surface area (TPSA) is 49.9 Å². The van der Waals surface area contributed by atoms with Crippen molar-refractivity contribution < 1.29 is 17.5 Å². The highest BCUT2D eigenvalue weighted by Crippen LogP contribution is 2.27. The van der Waals surface area contributed by atoms with Crippen molar-refractivity contribution in [2.45, 2.75) is 18.2 Å². The highest BCUT2D eigenvalue weighted by Gasteiger charge is 2.34. The van der Waals surface area contributed by atoms with Gasteiger partial charge in [-0.05, 0) is 37.0 Å². The lowest BCUT2D eigenvalue weighted by molar-refractivity contribution is 0.0316. The Morgan fingerprint density at radius 1 is 1.26 bits per heavy atom. The summed E-state index contributed by atoms with van der Waals surface area (Å²) in [5.74, 6) is -0.185. The molecule has 1 aromatic rings. The van der Waals surface area contributed by atoms with Crippen LogP contribution in [0, 0.1) is 18.7 Å². The second-order valence-electron chi connectivity index (χ2n) is 6.34. The standard InChI is InChI=1S/C16H23FN2O3S/c1-13-2-3-15(17)10-16(13)23(20,21)19-5-4-14(12-19)11-18-6-8-22-9-7-18/h2-3,10,14H,4-9,11-12H2,1H3/t14-/m0/s1. The first kappa shape index (κ1) is 16.8. The molecule has 3 rings (SSSR count). The fourth-order valence-corrected chi connectivity index (χ4v) is 5.07. The van der Waals surface area contributed by atoms with Gasteiger partial charge in [0.1, 0.15) is 5.82 Å². The van der Waals surface area contributed by atoms with E-state index in [1.165, 1.54) is 16.4 Å². The van der Waals surface area contributed by atoms with E-state index in [9.17, 15) is 12.8 Å². The summed E-state index contributed by atoms with van der Waals surface area (Å²) in [5.41, 5.74) is 0.586. The molecule has 2 saturated heterocycles. The van der Waals surface area contributed by atoms with Crippen LogP contribution >= 0.6 is 0 Å². The molecular weight excluding hydrogens is 319 g/mol. The van der Waals surface area contributed by atoms with Crippen LogP contribution in [0.2, 0.25) is 0 Å². The predicted octanol–water partition coefficient (Wildman–Crippen LogP) is 1.48. The van der Waals surface area contributed by atoms with E-state index in [2.05, 4.69) is 4.90 Å². The van der Waals surface area contributed by atoms with E-state index < -0.39 is 15.8 Å². The number of halogens is 1. The van der Waals surface area contributed by atoms with Gasteiger partial charge in [-0.1, -0.05) is 6.07 Å². The third kappa shape index (κ3) is 3.74. The van der Waals surface area contributed by atoms with Crippen LogP contribution in [0.25, 0.3) is 0 Å². The minimum absolute atomic E-state index is 0.0875. The van der Waals surface area contributed by atoms with E-state index in [0.29, 0.717) is 24.6 Å². The van der Waals surface area contributed by atoms with Crippen LogP contribution in [0.3, 0.4) is 0 Å². The zero-order valence-electron chi connectivity index (χ0n) is 13.4. The summed E-state index contributed by atoms with van der Waals surface area (Å²) in [5, 5.41) is 0. The van der Waals surface area contributed by atoms with Gasteiger partial charge in [0.15, 0.2) is 0 Å². The summed E-state index contributed by atoms with van der Waals surface area (Å²) in [6.07, 6.45) is 0.852. The zero-order valence-corrected chi connectivity index (χ0v) is 14.2. The van der Waals surface area contributed by atoms with Crippen molar-refractivity contribution in [3.8, 4) is 0 Å². The highest BCUT2D eigenvalue weighted by atomic mass is 32.2. The van der Waals surface area contributed by atoms with Gasteiger partial charge in [0.05, 0.1) is 18.1 Å². The molecule has 5 nitrogen and oxygen atoms in total. The summed E-state index contributed by atoms with van der Waals surface area (Å²) < 4.78 is 45.8. The number of nitrogens with zero attached hydrogens (tertiary/aromatic N) is 2. The van der Waals surface area contributed by atoms with Crippen molar-refractivity contribution in [2.24, 2.45) is 5.92 Å². The lowest BCUT2D eigenvalue weighted by Gasteiger charge is -2.29. The maximum atomic E-state index is 13.4. The van der Waals surface area contributed by atoms with E-state index in [4.69, 9.17) is 4.74 Å². The van der Waals surface area contributed by atoms with Gasteiger partial charge in [-0.3, -0.25) is 4.90 Å². The Labute approximate surface area is 137 Å². The molecule has 2 aliphatic heterocycles. The molecule has 1 atom stereocenters. The van der Waals surface area contributed by atoms with Crippen LogP contribution in [0.1, 0.15) is 12.0 Å². The number of aryl methyl sites for hydroxylation is 1. The number of benzene rings is 1. The molecule has 0 amide bonds. The van der Waals surface area contributed by atoms with E-state index in [0.717, 1.165) is 45.3 Å². The summed E-state index contributed by atoms with van der Waals surface area (Å²) in [6, 6.07) is 3.93. The van der Waals surface area contributed by atoms with Crippen molar-refractivity contribution in [3.05, 3.63) is 29.6 Å². The van der Waals surface area contributed by atoms with Gasteiger partial charge in [0.2, 0.25) is 10.0 Å². The first-order valence-electron chi connectivity index (χ1n) is 8.03. The Morgan fingerprint density at radius 2 is 2.00 bits per heavy atom. The second kappa shape index (κ2) is 6.84. The van der Waals surface area contributed by atoms with Crippen LogP contribution < -0.4 is 0 Å². The molecule has 0 aromatic heterocycles. The number of ether oxygens (including phenoxy) is 1. The van der Waals surface area contributed by atoms with Crippen molar-refractivity contribution in [3.63, 3.8) is 0 Å². The van der Waals surface area contributed by atoms with Crippen LogP contribution in [-0.4, -0.2) is 63.6 Å². The average molecular weight is 342 g/mol. The zero-order chi connectivity index (χ0) is 16.4. The summed E-state index contributed by atoms with van der Waals surface area (Å²) in [4.78, 5) is 2.42. The molecule has 0 saturated carbocycles. The summed E-state index contributed by atoms with van der Waals surface area (Å²) in [6.45, 7) is 6.93. The van der Waals surface area contributed by atoms with Crippen LogP contribution in [0.5, 0.6) is 0 Å². The minimum atomic E-state index is -3.62. The van der Waals surface area contributed by atoms with Crippen LogP contribution in [-0.2, 0) is 14.8 Å². The Kier molecular flexibility index (Phi) is 5.01. The van der Waals surface area contributed by atoms with Crippen molar-refractivity contribution in [1.29, 1.82) is 0 Å². The van der Waals surface area contributed by atoms with Gasteiger partial charge in [0.25, 0.3) is 0 Å². The molecule has 2 fully saturated rings. The van der Waals surface area contributed by atoms with Crippen molar-refractivity contribution >= 4 is 10.0 Å². The molecule has 0 bridgehead atoms. The molecule has 0 aliphatic carbocycles. The lowest BCUT2D eigenvalue weighted by Crippen LogP contribution is -2.40. The maximum Gasteiger partial charge on any atom is 0.243 e. The fraction of sp³-hybridized carbons (Fsp3) is 0.625. The van der Waals surface area contributed by atoms with Gasteiger partial charge < -0.3 is 4.74 Å². The first-order valence-corrected chi connectivity index (χ1v) is 9.47. The number of hydrogen-bond acceptors (Lipinski definition) is 4. The summed E-state index contributed by atoms with van der Waals surface area (Å²) >= 11 is 0. The van der Waals surface area contributed by atoms with E-state index in [1.807, 2.05) is 0 Å². The predicted molar refractivity (Wildman–Crippen MR) is 85.3 cm³/mol. The Morgan fingerprint density at radius 3 is 2.74 bits per heavy atom.